The molecule has 0 aromatic heterocycles. The number of ether oxygens (including phenoxy) is 1. The van der Waals surface area contributed by atoms with Crippen LogP contribution in [0.15, 0.2) is 0 Å². The molecule has 5 nitrogen and oxygen atoms in total. The first-order valence-electron chi connectivity index (χ1n) is 7.44. The zero-order valence-electron chi connectivity index (χ0n) is 13.8. The molecule has 0 radical (unpaired) electrons. The minimum absolute atomic E-state index is 0.190. The molecule has 0 spiro atoms. The van der Waals surface area contributed by atoms with Crippen molar-refractivity contribution >= 4 is 6.09 Å². The van der Waals surface area contributed by atoms with Gasteiger partial charge in [0.2, 0.25) is 0 Å². The predicted octanol–water partition coefficient (Wildman–Crippen LogP) is 2.00. The van der Waals surface area contributed by atoms with Crippen molar-refractivity contribution in [1.29, 1.82) is 0 Å². The van der Waals surface area contributed by atoms with E-state index >= 15 is 0 Å². The van der Waals surface area contributed by atoms with E-state index in [9.17, 15) is 4.79 Å². The molecule has 0 rings (SSSR count). The molecule has 0 aliphatic carbocycles. The summed E-state index contributed by atoms with van der Waals surface area (Å²) in [5, 5.41) is 15.1. The monoisotopic (exact) mass is 288 g/mol. The van der Waals surface area contributed by atoms with Crippen molar-refractivity contribution in [2.24, 2.45) is 17.8 Å². The smallest absolute Gasteiger partial charge is 0.407 e. The first-order valence-corrected chi connectivity index (χ1v) is 7.44. The highest BCUT2D eigenvalue weighted by molar-refractivity contribution is 5.67. The Balaban J connectivity index is 4.06. The van der Waals surface area contributed by atoms with Gasteiger partial charge >= 0.3 is 6.09 Å². The summed E-state index contributed by atoms with van der Waals surface area (Å²) in [5.74, 6) is 1.05. The fourth-order valence-corrected chi connectivity index (χ4v) is 1.65. The third-order valence-corrected chi connectivity index (χ3v) is 3.06. The molecule has 2 atom stereocenters. The van der Waals surface area contributed by atoms with Gasteiger partial charge in [0.25, 0.3) is 0 Å². The van der Waals surface area contributed by atoms with Crippen LogP contribution in [0.25, 0.3) is 0 Å². The maximum Gasteiger partial charge on any atom is 0.407 e. The molecule has 0 fully saturated rings. The van der Waals surface area contributed by atoms with Crippen LogP contribution in [-0.4, -0.2) is 43.0 Å². The van der Waals surface area contributed by atoms with Gasteiger partial charge in [-0.3, -0.25) is 0 Å². The van der Waals surface area contributed by atoms with E-state index in [0.29, 0.717) is 18.4 Å². The van der Waals surface area contributed by atoms with Crippen LogP contribution in [0.5, 0.6) is 0 Å². The largest absolute Gasteiger partial charge is 0.444 e. The van der Waals surface area contributed by atoms with Crippen LogP contribution in [0, 0.1) is 17.8 Å². The molecule has 0 aliphatic rings. The van der Waals surface area contributed by atoms with Crippen molar-refractivity contribution in [2.45, 2.75) is 47.1 Å². The number of aliphatic hydroxyl groups is 1. The summed E-state index contributed by atoms with van der Waals surface area (Å²) in [6.07, 6.45) is -0.369. The zero-order valence-corrected chi connectivity index (χ0v) is 13.8. The zero-order chi connectivity index (χ0) is 15.8. The number of carbonyl (C=O) groups is 1. The number of alkyl carbamates (subject to hydrolysis) is 1. The topological polar surface area (TPSA) is 70.6 Å². The standard InChI is InChI=1S/C15H32N2O3/c1-11(2)13(8-16-7-12(3)10-18)9-17-14(19)20-15(4,5)6/h11-13,16,18H,7-10H2,1-6H3,(H,17,19). The molecule has 0 saturated heterocycles. The van der Waals surface area contributed by atoms with Gasteiger partial charge in [-0.15, -0.1) is 0 Å². The minimum Gasteiger partial charge on any atom is -0.444 e. The quantitative estimate of drug-likeness (QED) is 0.639. The van der Waals surface area contributed by atoms with E-state index < -0.39 is 5.60 Å². The Morgan fingerprint density at radius 1 is 1.15 bits per heavy atom. The lowest BCUT2D eigenvalue weighted by molar-refractivity contribution is 0.0514. The number of aliphatic hydroxyl groups excluding tert-OH is 1. The molecule has 2 unspecified atom stereocenters. The Bertz CT molecular complexity index is 275. The Kier molecular flexibility index (Phi) is 8.81. The first kappa shape index (κ1) is 19.2. The van der Waals surface area contributed by atoms with Crippen molar-refractivity contribution in [3.63, 3.8) is 0 Å². The summed E-state index contributed by atoms with van der Waals surface area (Å²) in [5.41, 5.74) is -0.466. The fourth-order valence-electron chi connectivity index (χ4n) is 1.65. The molecule has 0 heterocycles. The van der Waals surface area contributed by atoms with Crippen LogP contribution in [0.3, 0.4) is 0 Å². The molecule has 0 aliphatic heterocycles. The highest BCUT2D eigenvalue weighted by atomic mass is 16.6. The number of amides is 1. The average molecular weight is 288 g/mol. The normalized spacial score (nSPS) is 15.0. The van der Waals surface area contributed by atoms with E-state index in [2.05, 4.69) is 24.5 Å². The third-order valence-electron chi connectivity index (χ3n) is 3.06. The van der Waals surface area contributed by atoms with Gasteiger partial charge < -0.3 is 20.5 Å². The summed E-state index contributed by atoms with van der Waals surface area (Å²) in [7, 11) is 0. The highest BCUT2D eigenvalue weighted by Gasteiger charge is 2.19. The molecular weight excluding hydrogens is 256 g/mol. The Labute approximate surface area is 123 Å². The van der Waals surface area contributed by atoms with Gasteiger partial charge in [-0.1, -0.05) is 20.8 Å². The van der Waals surface area contributed by atoms with Crippen LogP contribution in [0.2, 0.25) is 0 Å². The van der Waals surface area contributed by atoms with E-state index in [4.69, 9.17) is 9.84 Å². The molecule has 0 aromatic carbocycles. The van der Waals surface area contributed by atoms with E-state index in [0.717, 1.165) is 13.1 Å². The van der Waals surface area contributed by atoms with Crippen LogP contribution < -0.4 is 10.6 Å². The summed E-state index contributed by atoms with van der Waals surface area (Å²) in [6, 6.07) is 0. The summed E-state index contributed by atoms with van der Waals surface area (Å²) in [6.45, 7) is 14.2. The van der Waals surface area contributed by atoms with Crippen molar-refractivity contribution in [3.8, 4) is 0 Å². The van der Waals surface area contributed by atoms with E-state index in [1.165, 1.54) is 0 Å². The molecule has 120 valence electrons. The van der Waals surface area contributed by atoms with Gasteiger partial charge in [0, 0.05) is 13.2 Å². The number of hydrogen-bond donors (Lipinski definition) is 3. The number of hydrogen-bond acceptors (Lipinski definition) is 4. The van der Waals surface area contributed by atoms with E-state index in [-0.39, 0.29) is 18.6 Å². The van der Waals surface area contributed by atoms with Crippen molar-refractivity contribution in [3.05, 3.63) is 0 Å². The lowest BCUT2D eigenvalue weighted by Crippen LogP contribution is -2.40. The molecule has 5 heteroatoms. The maximum atomic E-state index is 11.6. The van der Waals surface area contributed by atoms with Gasteiger partial charge in [0.1, 0.15) is 5.60 Å². The fraction of sp³-hybridized carbons (Fsp3) is 0.933. The Morgan fingerprint density at radius 2 is 1.75 bits per heavy atom. The number of nitrogens with one attached hydrogen (secondary N) is 2. The molecular formula is C15H32N2O3. The minimum atomic E-state index is -0.466. The van der Waals surface area contributed by atoms with Crippen molar-refractivity contribution < 1.29 is 14.6 Å². The van der Waals surface area contributed by atoms with Crippen LogP contribution >= 0.6 is 0 Å². The lowest BCUT2D eigenvalue weighted by Gasteiger charge is -2.24. The predicted molar refractivity (Wildman–Crippen MR) is 81.7 cm³/mol. The molecule has 1 amide bonds. The Morgan fingerprint density at radius 3 is 2.20 bits per heavy atom. The van der Waals surface area contributed by atoms with Gasteiger partial charge in [0.15, 0.2) is 0 Å². The second-order valence-corrected chi connectivity index (χ2v) is 6.83. The van der Waals surface area contributed by atoms with Gasteiger partial charge in [-0.05, 0) is 51.6 Å². The van der Waals surface area contributed by atoms with E-state index in [1.54, 1.807) is 0 Å². The summed E-state index contributed by atoms with van der Waals surface area (Å²) >= 11 is 0. The first-order chi connectivity index (χ1) is 9.15. The lowest BCUT2D eigenvalue weighted by atomic mass is 9.95. The summed E-state index contributed by atoms with van der Waals surface area (Å²) in [4.78, 5) is 11.6. The second kappa shape index (κ2) is 9.19. The molecule has 20 heavy (non-hydrogen) atoms. The van der Waals surface area contributed by atoms with Gasteiger partial charge in [0.05, 0.1) is 0 Å². The molecule has 0 aromatic rings. The SMILES string of the molecule is CC(CO)CNCC(CNC(=O)OC(C)(C)C)C(C)C. The van der Waals surface area contributed by atoms with Crippen LogP contribution in [-0.2, 0) is 4.74 Å². The molecule has 0 bridgehead atoms. The van der Waals surface area contributed by atoms with Gasteiger partial charge in [-0.25, -0.2) is 4.79 Å². The Hall–Kier alpha value is -0.810. The van der Waals surface area contributed by atoms with Gasteiger partial charge in [-0.2, -0.15) is 0 Å². The van der Waals surface area contributed by atoms with Crippen LogP contribution in [0.1, 0.15) is 41.5 Å². The molecule has 3 N–H and O–H groups in total. The van der Waals surface area contributed by atoms with Crippen LogP contribution in [0.4, 0.5) is 4.79 Å². The van der Waals surface area contributed by atoms with Crippen molar-refractivity contribution in [2.75, 3.05) is 26.2 Å². The third kappa shape index (κ3) is 10.0. The summed E-state index contributed by atoms with van der Waals surface area (Å²) < 4.78 is 5.22. The maximum absolute atomic E-state index is 11.6. The highest BCUT2D eigenvalue weighted by Crippen LogP contribution is 2.10. The average Bonchev–Trinajstić information content (AvgIpc) is 2.30. The second-order valence-electron chi connectivity index (χ2n) is 6.83. The van der Waals surface area contributed by atoms with Crippen molar-refractivity contribution in [1.82, 2.24) is 10.6 Å². The molecule has 0 saturated carbocycles. The number of carbonyl (C=O) groups excluding carboxylic acids is 1. The van der Waals surface area contributed by atoms with E-state index in [1.807, 2.05) is 27.7 Å². The number of rotatable bonds is 8.